The number of methoxy groups -OCH3 is 1. The molecule has 2 rings (SSSR count). The number of nitrogens with zero attached hydrogens (tertiary/aromatic N) is 1. The maximum Gasteiger partial charge on any atom is 0.381 e. The molecule has 0 saturated carbocycles. The van der Waals surface area contributed by atoms with E-state index in [0.717, 1.165) is 0 Å². The molecule has 0 amide bonds. The van der Waals surface area contributed by atoms with Gasteiger partial charge in [-0.2, -0.15) is 8.42 Å². The van der Waals surface area contributed by atoms with E-state index in [9.17, 15) is 8.42 Å². The third kappa shape index (κ3) is 2.16. The van der Waals surface area contributed by atoms with E-state index in [1.807, 2.05) is 0 Å². The van der Waals surface area contributed by atoms with E-state index < -0.39 is 10.3 Å². The predicted octanol–water partition coefficient (Wildman–Crippen LogP) is 0.759. The Morgan fingerprint density at radius 2 is 2.27 bits per heavy atom. The monoisotopic (exact) mass is 227 g/mol. The second-order valence-electron chi connectivity index (χ2n) is 2.96. The lowest BCUT2D eigenvalue weighted by Crippen LogP contribution is -2.02. The highest BCUT2D eigenvalue weighted by atomic mass is 32.2. The molecule has 1 heterocycles. The van der Waals surface area contributed by atoms with Crippen molar-refractivity contribution in [3.05, 3.63) is 29.8 Å². The summed E-state index contributed by atoms with van der Waals surface area (Å²) < 4.78 is 34.9. The summed E-state index contributed by atoms with van der Waals surface area (Å²) in [6.07, 6.45) is 0. The van der Waals surface area contributed by atoms with Crippen molar-refractivity contribution >= 4 is 16.0 Å². The van der Waals surface area contributed by atoms with Gasteiger partial charge in [0.25, 0.3) is 0 Å². The van der Waals surface area contributed by atoms with Crippen LogP contribution >= 0.6 is 0 Å². The van der Waals surface area contributed by atoms with E-state index in [1.165, 1.54) is 0 Å². The van der Waals surface area contributed by atoms with Crippen LogP contribution in [0.2, 0.25) is 0 Å². The summed E-state index contributed by atoms with van der Waals surface area (Å²) in [5.74, 6) is 0.652. The summed E-state index contributed by atoms with van der Waals surface area (Å²) in [5, 5.41) is 0. The number of rotatable bonds is 2. The summed E-state index contributed by atoms with van der Waals surface area (Å²) in [6.45, 7) is -0.0184. The zero-order valence-corrected chi connectivity index (χ0v) is 8.82. The molecule has 0 fully saturated rings. The highest BCUT2D eigenvalue weighted by Crippen LogP contribution is 2.17. The van der Waals surface area contributed by atoms with E-state index in [2.05, 4.69) is 8.58 Å². The molecule has 0 aliphatic carbocycles. The van der Waals surface area contributed by atoms with E-state index in [4.69, 9.17) is 4.74 Å². The first-order chi connectivity index (χ1) is 7.11. The van der Waals surface area contributed by atoms with Crippen LogP contribution in [0.15, 0.2) is 28.7 Å². The van der Waals surface area contributed by atoms with Crippen molar-refractivity contribution in [1.29, 1.82) is 0 Å². The molecule has 0 radical (unpaired) electrons. The first kappa shape index (κ1) is 10.1. The lowest BCUT2D eigenvalue weighted by atomic mass is 10.1. The average molecular weight is 227 g/mol. The van der Waals surface area contributed by atoms with Gasteiger partial charge >= 0.3 is 10.3 Å². The Balaban J connectivity index is 2.39. The zero-order valence-electron chi connectivity index (χ0n) is 8.00. The normalized spacial score (nSPS) is 18.6. The number of hydrogen-bond donors (Lipinski definition) is 0. The molecule has 0 aromatic heterocycles. The fraction of sp³-hybridized carbons (Fsp3) is 0.222. The van der Waals surface area contributed by atoms with Gasteiger partial charge in [-0.25, -0.2) is 4.18 Å². The predicted molar refractivity (Wildman–Crippen MR) is 54.4 cm³/mol. The molecule has 0 N–H and O–H groups in total. The molecular weight excluding hydrogens is 218 g/mol. The molecule has 1 aliphatic heterocycles. The topological polar surface area (TPSA) is 65.0 Å². The van der Waals surface area contributed by atoms with Gasteiger partial charge in [-0.05, 0) is 12.1 Å². The van der Waals surface area contributed by atoms with Crippen LogP contribution in [0, 0.1) is 0 Å². The highest BCUT2D eigenvalue weighted by Gasteiger charge is 2.22. The van der Waals surface area contributed by atoms with Crippen LogP contribution in [0.1, 0.15) is 5.56 Å². The second-order valence-corrected chi connectivity index (χ2v) is 4.23. The van der Waals surface area contributed by atoms with Gasteiger partial charge in [-0.3, -0.25) is 0 Å². The second kappa shape index (κ2) is 3.63. The lowest BCUT2D eigenvalue weighted by Gasteiger charge is -2.01. The quantitative estimate of drug-likeness (QED) is 0.748. The SMILES string of the molecule is COc1cccc(C2=NS(=O)(=O)OC2)c1. The molecule has 0 saturated heterocycles. The van der Waals surface area contributed by atoms with Gasteiger partial charge in [0.2, 0.25) is 0 Å². The average Bonchev–Trinajstić information content (AvgIpc) is 2.59. The summed E-state index contributed by atoms with van der Waals surface area (Å²) in [5.41, 5.74) is 1.09. The molecule has 1 aromatic carbocycles. The number of benzene rings is 1. The Labute approximate surface area is 87.6 Å². The molecule has 0 spiro atoms. The van der Waals surface area contributed by atoms with Crippen molar-refractivity contribution in [3.63, 3.8) is 0 Å². The van der Waals surface area contributed by atoms with Gasteiger partial charge in [0.1, 0.15) is 12.4 Å². The van der Waals surface area contributed by atoms with Gasteiger partial charge in [0, 0.05) is 5.56 Å². The Morgan fingerprint density at radius 3 is 2.87 bits per heavy atom. The molecule has 1 aliphatic rings. The highest BCUT2D eigenvalue weighted by molar-refractivity contribution is 7.85. The van der Waals surface area contributed by atoms with Crippen LogP contribution in [0.5, 0.6) is 5.75 Å². The summed E-state index contributed by atoms with van der Waals surface area (Å²) in [7, 11) is -2.17. The van der Waals surface area contributed by atoms with Crippen LogP contribution < -0.4 is 4.74 Å². The third-order valence-electron chi connectivity index (χ3n) is 1.97. The molecule has 15 heavy (non-hydrogen) atoms. The molecule has 80 valence electrons. The number of ether oxygens (including phenoxy) is 1. The minimum Gasteiger partial charge on any atom is -0.497 e. The lowest BCUT2D eigenvalue weighted by molar-refractivity contribution is 0.382. The van der Waals surface area contributed by atoms with E-state index in [0.29, 0.717) is 17.0 Å². The van der Waals surface area contributed by atoms with E-state index >= 15 is 0 Å². The smallest absolute Gasteiger partial charge is 0.381 e. The summed E-state index contributed by atoms with van der Waals surface area (Å²) in [6, 6.07) is 7.00. The maximum absolute atomic E-state index is 10.9. The summed E-state index contributed by atoms with van der Waals surface area (Å²) in [4.78, 5) is 0. The van der Waals surface area contributed by atoms with Crippen LogP contribution in [0.25, 0.3) is 0 Å². The minimum atomic E-state index is -3.72. The Kier molecular flexibility index (Phi) is 2.45. The molecule has 6 heteroatoms. The van der Waals surface area contributed by atoms with Crippen LogP contribution in [0.4, 0.5) is 0 Å². The Hall–Kier alpha value is -1.40. The molecule has 0 bridgehead atoms. The van der Waals surface area contributed by atoms with Crippen molar-refractivity contribution in [3.8, 4) is 5.75 Å². The fourth-order valence-electron chi connectivity index (χ4n) is 1.26. The van der Waals surface area contributed by atoms with E-state index in [1.54, 1.807) is 31.4 Å². The van der Waals surface area contributed by atoms with Crippen molar-refractivity contribution in [2.45, 2.75) is 0 Å². The Bertz CT molecular complexity index is 507. The van der Waals surface area contributed by atoms with Crippen molar-refractivity contribution < 1.29 is 17.3 Å². The molecule has 0 unspecified atom stereocenters. The largest absolute Gasteiger partial charge is 0.497 e. The van der Waals surface area contributed by atoms with Crippen LogP contribution in [0.3, 0.4) is 0 Å². The van der Waals surface area contributed by atoms with Crippen molar-refractivity contribution in [2.24, 2.45) is 4.40 Å². The van der Waals surface area contributed by atoms with Crippen molar-refractivity contribution in [2.75, 3.05) is 13.7 Å². The number of hydrogen-bond acceptors (Lipinski definition) is 4. The Morgan fingerprint density at radius 1 is 1.47 bits per heavy atom. The fourth-order valence-corrected chi connectivity index (χ4v) is 2.00. The first-order valence-corrected chi connectivity index (χ1v) is 5.60. The standard InChI is InChI=1S/C9H9NO4S/c1-13-8-4-2-3-7(5-8)9-6-14-15(11,12)10-9/h2-5H,6H2,1H3. The summed E-state index contributed by atoms with van der Waals surface area (Å²) >= 11 is 0. The third-order valence-corrected chi connectivity index (χ3v) is 2.83. The van der Waals surface area contributed by atoms with Crippen LogP contribution in [-0.2, 0) is 14.5 Å². The molecule has 5 nitrogen and oxygen atoms in total. The van der Waals surface area contributed by atoms with Gasteiger partial charge in [-0.15, -0.1) is 4.40 Å². The zero-order chi connectivity index (χ0) is 10.9. The van der Waals surface area contributed by atoms with Gasteiger partial charge in [-0.1, -0.05) is 12.1 Å². The molecular formula is C9H9NO4S. The molecule has 1 aromatic rings. The maximum atomic E-state index is 10.9. The van der Waals surface area contributed by atoms with Gasteiger partial charge < -0.3 is 4.74 Å². The van der Waals surface area contributed by atoms with Crippen LogP contribution in [-0.4, -0.2) is 27.8 Å². The van der Waals surface area contributed by atoms with Crippen molar-refractivity contribution in [1.82, 2.24) is 0 Å². The van der Waals surface area contributed by atoms with Gasteiger partial charge in [0.15, 0.2) is 0 Å². The van der Waals surface area contributed by atoms with E-state index in [-0.39, 0.29) is 6.61 Å². The minimum absolute atomic E-state index is 0.0184. The first-order valence-electron chi connectivity index (χ1n) is 4.23. The molecule has 0 atom stereocenters. The van der Waals surface area contributed by atoms with Gasteiger partial charge in [0.05, 0.1) is 12.8 Å².